The summed E-state index contributed by atoms with van der Waals surface area (Å²) < 4.78 is 0. The van der Waals surface area contributed by atoms with E-state index in [2.05, 4.69) is 19.1 Å². The normalized spacial score (nSPS) is 50.5. The molecule has 0 heteroatoms. The Labute approximate surface area is 87.8 Å². The third-order valence-electron chi connectivity index (χ3n) is 5.07. The van der Waals surface area contributed by atoms with Crippen LogP contribution in [0.15, 0.2) is 12.2 Å². The van der Waals surface area contributed by atoms with Crippen LogP contribution in [-0.4, -0.2) is 0 Å². The Morgan fingerprint density at radius 1 is 0.929 bits per heavy atom. The van der Waals surface area contributed by atoms with Gasteiger partial charge in [-0.05, 0) is 75.0 Å². The molecule has 0 nitrogen and oxygen atoms in total. The first kappa shape index (κ1) is 9.00. The summed E-state index contributed by atoms with van der Waals surface area (Å²) in [4.78, 5) is 0. The Balaban J connectivity index is 1.74. The zero-order valence-corrected chi connectivity index (χ0v) is 9.28. The van der Waals surface area contributed by atoms with Gasteiger partial charge in [0, 0.05) is 0 Å². The third kappa shape index (κ3) is 1.34. The minimum Gasteiger partial charge on any atom is -0.0917 e. The van der Waals surface area contributed by atoms with Crippen LogP contribution in [0.5, 0.6) is 0 Å². The lowest BCUT2D eigenvalue weighted by molar-refractivity contribution is -0.0349. The maximum absolute atomic E-state index is 2.41. The van der Waals surface area contributed by atoms with Gasteiger partial charge in [0.2, 0.25) is 0 Å². The fourth-order valence-electron chi connectivity index (χ4n) is 4.72. The molecule has 0 aliphatic heterocycles. The minimum absolute atomic E-state index is 1.07. The first-order chi connectivity index (χ1) is 6.86. The van der Waals surface area contributed by atoms with Gasteiger partial charge in [0.05, 0.1) is 0 Å². The van der Waals surface area contributed by atoms with Crippen molar-refractivity contribution < 1.29 is 0 Å². The van der Waals surface area contributed by atoms with E-state index in [1.807, 2.05) is 0 Å². The Morgan fingerprint density at radius 2 is 1.50 bits per heavy atom. The summed E-state index contributed by atoms with van der Waals surface area (Å²) in [5.74, 6) is 5.57. The van der Waals surface area contributed by atoms with Gasteiger partial charge in [-0.15, -0.1) is 0 Å². The van der Waals surface area contributed by atoms with Crippen molar-refractivity contribution in [3.63, 3.8) is 0 Å². The van der Waals surface area contributed by atoms with Crippen molar-refractivity contribution in [2.75, 3.05) is 0 Å². The van der Waals surface area contributed by atoms with Crippen molar-refractivity contribution in [3.8, 4) is 0 Å². The van der Waals surface area contributed by atoms with E-state index < -0.39 is 0 Å². The second-order valence-electron chi connectivity index (χ2n) is 5.90. The summed E-state index contributed by atoms with van der Waals surface area (Å²) in [6, 6.07) is 0. The van der Waals surface area contributed by atoms with Crippen molar-refractivity contribution >= 4 is 0 Å². The van der Waals surface area contributed by atoms with Crippen molar-refractivity contribution in [1.29, 1.82) is 0 Å². The van der Waals surface area contributed by atoms with E-state index in [0.29, 0.717) is 0 Å². The van der Waals surface area contributed by atoms with Gasteiger partial charge in [0.25, 0.3) is 0 Å². The maximum atomic E-state index is 2.41. The van der Waals surface area contributed by atoms with E-state index in [-0.39, 0.29) is 0 Å². The second-order valence-corrected chi connectivity index (χ2v) is 5.90. The molecule has 4 bridgehead atoms. The molecular formula is C14H22. The molecular weight excluding hydrogens is 168 g/mol. The van der Waals surface area contributed by atoms with Gasteiger partial charge in [-0.3, -0.25) is 0 Å². The molecule has 0 radical (unpaired) electrons. The molecule has 4 fully saturated rings. The second kappa shape index (κ2) is 3.40. The van der Waals surface area contributed by atoms with Gasteiger partial charge in [0.15, 0.2) is 0 Å². The monoisotopic (exact) mass is 190 g/mol. The Bertz CT molecular complexity index is 210. The first-order valence-corrected chi connectivity index (χ1v) is 6.48. The molecule has 4 aliphatic carbocycles. The van der Waals surface area contributed by atoms with Crippen LogP contribution >= 0.6 is 0 Å². The highest BCUT2D eigenvalue weighted by molar-refractivity contribution is 5.00. The lowest BCUT2D eigenvalue weighted by Crippen LogP contribution is -2.44. The van der Waals surface area contributed by atoms with Crippen LogP contribution in [0.1, 0.15) is 45.4 Å². The van der Waals surface area contributed by atoms with Gasteiger partial charge < -0.3 is 0 Å². The summed E-state index contributed by atoms with van der Waals surface area (Å²) in [6.07, 6.45) is 13.9. The van der Waals surface area contributed by atoms with Crippen LogP contribution < -0.4 is 0 Å². The predicted octanol–water partition coefficient (Wildman–Crippen LogP) is 4.02. The van der Waals surface area contributed by atoms with E-state index in [1.165, 1.54) is 6.42 Å². The van der Waals surface area contributed by atoms with E-state index in [4.69, 9.17) is 0 Å². The summed E-state index contributed by atoms with van der Waals surface area (Å²) in [5, 5.41) is 0. The van der Waals surface area contributed by atoms with E-state index >= 15 is 0 Å². The molecule has 4 aliphatic rings. The van der Waals surface area contributed by atoms with Crippen LogP contribution in [0.2, 0.25) is 0 Å². The number of allylic oxidation sites excluding steroid dienone is 2. The molecule has 0 aromatic carbocycles. The Morgan fingerprint density at radius 3 is 2.00 bits per heavy atom. The molecule has 0 aromatic rings. The van der Waals surface area contributed by atoms with Crippen LogP contribution in [0, 0.1) is 29.6 Å². The van der Waals surface area contributed by atoms with E-state index in [1.54, 1.807) is 32.1 Å². The zero-order chi connectivity index (χ0) is 9.54. The van der Waals surface area contributed by atoms with Crippen LogP contribution in [-0.2, 0) is 0 Å². The largest absolute Gasteiger partial charge is 0.0917 e. The van der Waals surface area contributed by atoms with Gasteiger partial charge in [-0.2, -0.15) is 0 Å². The highest BCUT2D eigenvalue weighted by atomic mass is 14.5. The molecule has 0 unspecified atom stereocenters. The van der Waals surface area contributed by atoms with Crippen molar-refractivity contribution in [2.45, 2.75) is 45.4 Å². The average molecular weight is 190 g/mol. The van der Waals surface area contributed by atoms with Crippen molar-refractivity contribution in [1.82, 2.24) is 0 Å². The van der Waals surface area contributed by atoms with Crippen LogP contribution in [0.25, 0.3) is 0 Å². The molecule has 14 heavy (non-hydrogen) atoms. The quantitative estimate of drug-likeness (QED) is 0.577. The van der Waals surface area contributed by atoms with Crippen LogP contribution in [0.4, 0.5) is 0 Å². The van der Waals surface area contributed by atoms with Crippen LogP contribution in [0.3, 0.4) is 0 Å². The molecule has 0 heterocycles. The number of rotatable bonds is 2. The molecule has 0 atom stereocenters. The highest BCUT2D eigenvalue weighted by Crippen LogP contribution is 2.57. The summed E-state index contributed by atoms with van der Waals surface area (Å²) in [7, 11) is 0. The van der Waals surface area contributed by atoms with Crippen molar-refractivity contribution in [3.05, 3.63) is 12.2 Å². The molecule has 4 saturated carbocycles. The van der Waals surface area contributed by atoms with Gasteiger partial charge >= 0.3 is 0 Å². The van der Waals surface area contributed by atoms with Gasteiger partial charge in [0.1, 0.15) is 0 Å². The molecule has 0 aromatic heterocycles. The number of hydrogen-bond acceptors (Lipinski definition) is 0. The maximum Gasteiger partial charge on any atom is -0.0317 e. The van der Waals surface area contributed by atoms with Gasteiger partial charge in [-0.25, -0.2) is 0 Å². The van der Waals surface area contributed by atoms with E-state index in [0.717, 1.165) is 29.6 Å². The fraction of sp³-hybridized carbons (Fsp3) is 0.857. The predicted molar refractivity (Wildman–Crippen MR) is 60.0 cm³/mol. The minimum atomic E-state index is 1.07. The van der Waals surface area contributed by atoms with Gasteiger partial charge in [-0.1, -0.05) is 12.2 Å². The fourth-order valence-corrected chi connectivity index (χ4v) is 4.72. The van der Waals surface area contributed by atoms with Crippen molar-refractivity contribution in [2.24, 2.45) is 29.6 Å². The molecule has 0 spiro atoms. The summed E-state index contributed by atoms with van der Waals surface area (Å²) >= 11 is 0. The smallest absolute Gasteiger partial charge is 0.0317 e. The summed E-state index contributed by atoms with van der Waals surface area (Å²) in [5.41, 5.74) is 0. The van der Waals surface area contributed by atoms with E-state index in [9.17, 15) is 0 Å². The molecule has 0 amide bonds. The Hall–Kier alpha value is -0.260. The topological polar surface area (TPSA) is 0 Å². The number of hydrogen-bond donors (Lipinski definition) is 0. The lowest BCUT2D eigenvalue weighted by atomic mass is 9.51. The highest BCUT2D eigenvalue weighted by Gasteiger charge is 2.47. The third-order valence-corrected chi connectivity index (χ3v) is 5.07. The molecule has 4 rings (SSSR count). The molecule has 0 saturated heterocycles. The molecule has 0 N–H and O–H groups in total. The lowest BCUT2D eigenvalue weighted by Gasteiger charge is -2.54. The summed E-state index contributed by atoms with van der Waals surface area (Å²) in [6.45, 7) is 2.16. The Kier molecular flexibility index (Phi) is 2.18. The SMILES string of the molecule is CC=CCC1C2CC3CC(C2)CC1C3. The molecule has 78 valence electrons. The average Bonchev–Trinajstić information content (AvgIpc) is 2.15. The first-order valence-electron chi connectivity index (χ1n) is 6.48. The zero-order valence-electron chi connectivity index (χ0n) is 9.28. The standard InChI is InChI=1S/C14H22/c1-2-3-4-14-12-6-10-5-11(8-12)9-13(14)7-10/h2-3,10-14H,4-9H2,1H3.